The van der Waals surface area contributed by atoms with Crippen molar-refractivity contribution in [1.29, 1.82) is 0 Å². The highest BCUT2D eigenvalue weighted by Crippen LogP contribution is 2.28. The average Bonchev–Trinajstić information content (AvgIpc) is 2.45. The average molecular weight is 330 g/mol. The van der Waals surface area contributed by atoms with Gasteiger partial charge in [-0.2, -0.15) is 18.7 Å². The number of benzene rings is 1. The predicted molar refractivity (Wildman–Crippen MR) is 68.6 cm³/mol. The minimum Gasteiger partial charge on any atom is -0.481 e. The number of aromatic carboxylic acids is 1. The van der Waals surface area contributed by atoms with Gasteiger partial charge in [-0.05, 0) is 12.1 Å². The molecule has 0 bridgehead atoms. The maximum absolute atomic E-state index is 13.6. The summed E-state index contributed by atoms with van der Waals surface area (Å²) in [6.45, 7) is -3.15. The molecule has 0 saturated carbocycles. The number of hydrogen-bond acceptors (Lipinski definition) is 6. The first kappa shape index (κ1) is 16.3. The third-order valence-electron chi connectivity index (χ3n) is 2.47. The normalized spacial score (nSPS) is 10.5. The number of ether oxygens (including phenoxy) is 3. The second-order valence-corrected chi connectivity index (χ2v) is 3.93. The van der Waals surface area contributed by atoms with Crippen LogP contribution in [0.4, 0.5) is 13.2 Å². The molecule has 1 heterocycles. The van der Waals surface area contributed by atoms with Crippen LogP contribution >= 0.6 is 0 Å². The van der Waals surface area contributed by atoms with Gasteiger partial charge in [-0.25, -0.2) is 9.18 Å². The molecule has 0 amide bonds. The number of methoxy groups -OCH3 is 1. The maximum atomic E-state index is 13.6. The molecule has 23 heavy (non-hydrogen) atoms. The van der Waals surface area contributed by atoms with Crippen LogP contribution in [0.5, 0.6) is 23.5 Å². The van der Waals surface area contributed by atoms with Crippen LogP contribution in [-0.4, -0.2) is 34.8 Å². The van der Waals surface area contributed by atoms with Gasteiger partial charge in [0.2, 0.25) is 11.8 Å². The standard InChI is InChI=1S/C13H9F3N2O5/c1-21-8-5-9(23-12(15)16)18-13(17-8)22-7-4-2-3-6(14)10(7)11(19)20/h2-5,12H,1H3,(H,19,20). The van der Waals surface area contributed by atoms with E-state index in [1.807, 2.05) is 0 Å². The maximum Gasteiger partial charge on any atom is 0.388 e. The molecule has 0 aliphatic heterocycles. The van der Waals surface area contributed by atoms with Gasteiger partial charge in [0.05, 0.1) is 13.2 Å². The first-order valence-corrected chi connectivity index (χ1v) is 5.98. The van der Waals surface area contributed by atoms with E-state index in [1.54, 1.807) is 0 Å². The molecule has 1 N–H and O–H groups in total. The van der Waals surface area contributed by atoms with Gasteiger partial charge in [0, 0.05) is 0 Å². The van der Waals surface area contributed by atoms with Gasteiger partial charge in [0.25, 0.3) is 0 Å². The van der Waals surface area contributed by atoms with Crippen LogP contribution in [0.1, 0.15) is 10.4 Å². The summed E-state index contributed by atoms with van der Waals surface area (Å²) in [5.74, 6) is -3.75. The molecule has 10 heteroatoms. The highest BCUT2D eigenvalue weighted by atomic mass is 19.3. The molecule has 0 saturated heterocycles. The van der Waals surface area contributed by atoms with Crippen LogP contribution in [-0.2, 0) is 0 Å². The highest BCUT2D eigenvalue weighted by Gasteiger charge is 2.19. The number of carboxylic acid groups (broad SMARTS) is 1. The Morgan fingerprint density at radius 3 is 2.57 bits per heavy atom. The zero-order valence-corrected chi connectivity index (χ0v) is 11.5. The fraction of sp³-hybridized carbons (Fsp3) is 0.154. The van der Waals surface area contributed by atoms with Crippen molar-refractivity contribution in [3.8, 4) is 23.5 Å². The molecule has 0 radical (unpaired) electrons. The molecule has 0 aliphatic rings. The molecule has 2 aromatic rings. The quantitative estimate of drug-likeness (QED) is 0.870. The third-order valence-corrected chi connectivity index (χ3v) is 2.47. The summed E-state index contributed by atoms with van der Waals surface area (Å²) in [5.41, 5.74) is -0.754. The molecule has 0 unspecified atom stereocenters. The van der Waals surface area contributed by atoms with Crippen LogP contribution in [0.3, 0.4) is 0 Å². The van der Waals surface area contributed by atoms with Crippen molar-refractivity contribution >= 4 is 5.97 Å². The topological polar surface area (TPSA) is 90.8 Å². The van der Waals surface area contributed by atoms with Crippen molar-refractivity contribution in [3.63, 3.8) is 0 Å². The number of nitrogens with zero attached hydrogens (tertiary/aromatic N) is 2. The first-order chi connectivity index (χ1) is 10.9. The highest BCUT2D eigenvalue weighted by molar-refractivity contribution is 5.91. The van der Waals surface area contributed by atoms with Crippen molar-refractivity contribution in [2.45, 2.75) is 6.61 Å². The molecule has 7 nitrogen and oxygen atoms in total. The van der Waals surface area contributed by atoms with Gasteiger partial charge in [-0.3, -0.25) is 0 Å². The second kappa shape index (κ2) is 6.81. The van der Waals surface area contributed by atoms with Crippen molar-refractivity contribution < 1.29 is 37.3 Å². The van der Waals surface area contributed by atoms with E-state index >= 15 is 0 Å². The second-order valence-electron chi connectivity index (χ2n) is 3.93. The van der Waals surface area contributed by atoms with Crippen LogP contribution in [0.2, 0.25) is 0 Å². The predicted octanol–water partition coefficient (Wildman–Crippen LogP) is 2.72. The van der Waals surface area contributed by atoms with Crippen LogP contribution in [0.15, 0.2) is 24.3 Å². The Bertz CT molecular complexity index is 727. The Morgan fingerprint density at radius 2 is 1.96 bits per heavy atom. The number of rotatable bonds is 6. The van der Waals surface area contributed by atoms with Crippen LogP contribution in [0, 0.1) is 5.82 Å². The first-order valence-electron chi connectivity index (χ1n) is 5.98. The van der Waals surface area contributed by atoms with Gasteiger partial charge in [0.15, 0.2) is 0 Å². The summed E-state index contributed by atoms with van der Waals surface area (Å²) in [5, 5.41) is 8.99. The lowest BCUT2D eigenvalue weighted by Gasteiger charge is -2.10. The Morgan fingerprint density at radius 1 is 1.26 bits per heavy atom. The Balaban J connectivity index is 2.40. The Hall–Kier alpha value is -3.04. The fourth-order valence-corrected chi connectivity index (χ4v) is 1.58. The molecular weight excluding hydrogens is 321 g/mol. The molecule has 2 rings (SSSR count). The van der Waals surface area contributed by atoms with Crippen molar-refractivity contribution in [3.05, 3.63) is 35.6 Å². The fourth-order valence-electron chi connectivity index (χ4n) is 1.58. The minimum absolute atomic E-state index is 0.168. The molecule has 0 aliphatic carbocycles. The van der Waals surface area contributed by atoms with E-state index < -0.39 is 41.6 Å². The zero-order valence-electron chi connectivity index (χ0n) is 11.5. The monoisotopic (exact) mass is 330 g/mol. The lowest BCUT2D eigenvalue weighted by Crippen LogP contribution is -2.07. The number of aromatic nitrogens is 2. The number of halogens is 3. The smallest absolute Gasteiger partial charge is 0.388 e. The molecule has 1 aromatic carbocycles. The lowest BCUT2D eigenvalue weighted by atomic mass is 10.2. The zero-order chi connectivity index (χ0) is 17.0. The van der Waals surface area contributed by atoms with Crippen molar-refractivity contribution in [2.75, 3.05) is 7.11 Å². The van der Waals surface area contributed by atoms with Crippen molar-refractivity contribution in [1.82, 2.24) is 9.97 Å². The molecular formula is C13H9F3N2O5. The number of alkyl halides is 2. The molecule has 1 aromatic heterocycles. The molecule has 0 fully saturated rings. The van der Waals surface area contributed by atoms with Gasteiger partial charge in [-0.15, -0.1) is 0 Å². The van der Waals surface area contributed by atoms with E-state index in [-0.39, 0.29) is 5.88 Å². The van der Waals surface area contributed by atoms with E-state index in [0.29, 0.717) is 0 Å². The minimum atomic E-state index is -3.15. The number of hydrogen-bond donors (Lipinski definition) is 1. The largest absolute Gasteiger partial charge is 0.481 e. The summed E-state index contributed by atoms with van der Waals surface area (Å²) in [6.07, 6.45) is 0. The van der Waals surface area contributed by atoms with Gasteiger partial charge in [0.1, 0.15) is 17.1 Å². The lowest BCUT2D eigenvalue weighted by molar-refractivity contribution is -0.0532. The summed E-state index contributed by atoms with van der Waals surface area (Å²) >= 11 is 0. The summed E-state index contributed by atoms with van der Waals surface area (Å²) < 4.78 is 52.0. The molecule has 122 valence electrons. The van der Waals surface area contributed by atoms with Gasteiger partial charge in [-0.1, -0.05) is 6.07 Å². The van der Waals surface area contributed by atoms with E-state index in [9.17, 15) is 18.0 Å². The van der Waals surface area contributed by atoms with E-state index in [1.165, 1.54) is 13.2 Å². The summed E-state index contributed by atoms with van der Waals surface area (Å²) in [6, 6.07) is 3.71. The van der Waals surface area contributed by atoms with Crippen LogP contribution in [0.25, 0.3) is 0 Å². The summed E-state index contributed by atoms with van der Waals surface area (Å²) in [4.78, 5) is 18.3. The number of carbonyl (C=O) groups is 1. The number of carboxylic acids is 1. The Labute approximate surface area is 127 Å². The molecule has 0 atom stereocenters. The van der Waals surface area contributed by atoms with Crippen molar-refractivity contribution in [2.24, 2.45) is 0 Å². The molecule has 0 spiro atoms. The van der Waals surface area contributed by atoms with Gasteiger partial charge < -0.3 is 19.3 Å². The summed E-state index contributed by atoms with van der Waals surface area (Å²) in [7, 11) is 1.21. The van der Waals surface area contributed by atoms with Gasteiger partial charge >= 0.3 is 18.6 Å². The van der Waals surface area contributed by atoms with E-state index in [0.717, 1.165) is 18.2 Å². The third kappa shape index (κ3) is 3.99. The van der Waals surface area contributed by atoms with E-state index in [4.69, 9.17) is 14.6 Å². The van der Waals surface area contributed by atoms with E-state index in [2.05, 4.69) is 14.7 Å². The Kier molecular flexibility index (Phi) is 4.84. The van der Waals surface area contributed by atoms with Crippen LogP contribution < -0.4 is 14.2 Å². The SMILES string of the molecule is COc1cc(OC(F)F)nc(Oc2cccc(F)c2C(=O)O)n1.